The summed E-state index contributed by atoms with van der Waals surface area (Å²) in [5, 5.41) is 0. The number of hydrogen-bond donors (Lipinski definition) is 0. The summed E-state index contributed by atoms with van der Waals surface area (Å²) in [6.45, 7) is 9.09. The van der Waals surface area contributed by atoms with E-state index in [1.54, 1.807) is 0 Å². The summed E-state index contributed by atoms with van der Waals surface area (Å²) < 4.78 is 34.1. The molecule has 0 bridgehead atoms. The summed E-state index contributed by atoms with van der Waals surface area (Å²) in [5.74, 6) is -0.121. The molecule has 1 rings (SSSR count). The zero-order chi connectivity index (χ0) is 24.1. The van der Waals surface area contributed by atoms with Crippen molar-refractivity contribution < 1.29 is 27.5 Å². The fourth-order valence-corrected chi connectivity index (χ4v) is 3.94. The number of hydrogen-bond acceptors (Lipinski definition) is 6. The molecular weight excluding hydrogens is 452 g/mol. The Morgan fingerprint density at radius 2 is 1.16 bits per heavy atom. The topological polar surface area (TPSA) is 86.7 Å². The van der Waals surface area contributed by atoms with Crippen LogP contribution in [-0.2, 0) is 18.5 Å². The van der Waals surface area contributed by atoms with Crippen molar-refractivity contribution in [2.45, 2.75) is 84.0 Å². The lowest BCUT2D eigenvalue weighted by molar-refractivity contribution is 0.0495. The number of ether oxygens (including phenoxy) is 2. The van der Waals surface area contributed by atoms with Gasteiger partial charge in [0.05, 0.1) is 29.2 Å². The average molecular weight is 489 g/mol. The Balaban J connectivity index is 2.70. The Kier molecular flexibility index (Phi) is 12.9. The molecule has 182 valence electrons. The summed E-state index contributed by atoms with van der Waals surface area (Å²) in [6.07, 6.45) is 7.67. The first-order chi connectivity index (χ1) is 15.0. The second-order valence-corrected chi connectivity index (χ2v) is 11.5. The van der Waals surface area contributed by atoms with Crippen molar-refractivity contribution in [3.63, 3.8) is 0 Å². The minimum atomic E-state index is -4.14. The maximum atomic E-state index is 12.4. The molecular formula is C24H37ClO6S. The molecule has 1 aromatic carbocycles. The molecule has 0 spiro atoms. The monoisotopic (exact) mass is 488 g/mol. The van der Waals surface area contributed by atoms with Crippen LogP contribution in [0.3, 0.4) is 0 Å². The van der Waals surface area contributed by atoms with E-state index in [4.69, 9.17) is 20.2 Å². The number of benzene rings is 1. The third-order valence-electron chi connectivity index (χ3n) is 4.98. The van der Waals surface area contributed by atoms with E-state index < -0.39 is 21.0 Å². The molecule has 0 aliphatic heterocycles. The largest absolute Gasteiger partial charge is 0.462 e. The van der Waals surface area contributed by atoms with Gasteiger partial charge in [-0.05, 0) is 42.9 Å². The first kappa shape index (κ1) is 28.4. The Morgan fingerprint density at radius 3 is 1.50 bits per heavy atom. The van der Waals surface area contributed by atoms with Gasteiger partial charge in [-0.1, -0.05) is 66.2 Å². The third-order valence-corrected chi connectivity index (χ3v) is 6.31. The van der Waals surface area contributed by atoms with E-state index in [2.05, 4.69) is 27.7 Å². The van der Waals surface area contributed by atoms with E-state index in [0.717, 1.165) is 63.5 Å². The van der Waals surface area contributed by atoms with Gasteiger partial charge in [-0.25, -0.2) is 18.0 Å². The zero-order valence-corrected chi connectivity index (χ0v) is 21.3. The lowest BCUT2D eigenvalue weighted by Crippen LogP contribution is -2.12. The number of rotatable bonds is 15. The number of unbranched alkanes of at least 4 members (excludes halogenated alkanes) is 4. The fraction of sp³-hybridized carbons (Fsp3) is 0.667. The number of esters is 2. The Hall–Kier alpha value is -1.60. The van der Waals surface area contributed by atoms with E-state index in [1.165, 1.54) is 6.07 Å². The summed E-state index contributed by atoms with van der Waals surface area (Å²) in [7, 11) is 1.31. The second-order valence-electron chi connectivity index (χ2n) is 8.94. The average Bonchev–Trinajstić information content (AvgIpc) is 2.71. The molecule has 0 aromatic heterocycles. The first-order valence-corrected chi connectivity index (χ1v) is 13.8. The fourth-order valence-electron chi connectivity index (χ4n) is 3.13. The lowest BCUT2D eigenvalue weighted by atomic mass is 10.1. The van der Waals surface area contributed by atoms with Gasteiger partial charge in [-0.15, -0.1) is 0 Å². The Bertz CT molecular complexity index is 783. The zero-order valence-electron chi connectivity index (χ0n) is 19.7. The normalized spacial score (nSPS) is 11.7. The van der Waals surface area contributed by atoms with Gasteiger partial charge in [0.15, 0.2) is 0 Å². The van der Waals surface area contributed by atoms with E-state index in [1.807, 2.05) is 0 Å². The molecule has 0 unspecified atom stereocenters. The highest BCUT2D eigenvalue weighted by molar-refractivity contribution is 8.13. The van der Waals surface area contributed by atoms with Crippen molar-refractivity contribution in [3.05, 3.63) is 29.3 Å². The molecule has 0 N–H and O–H groups in total. The summed E-state index contributed by atoms with van der Waals surface area (Å²) in [4.78, 5) is 24.5. The van der Waals surface area contributed by atoms with Gasteiger partial charge < -0.3 is 9.47 Å². The first-order valence-electron chi connectivity index (χ1n) is 11.4. The maximum Gasteiger partial charge on any atom is 0.338 e. The highest BCUT2D eigenvalue weighted by Gasteiger charge is 2.20. The summed E-state index contributed by atoms with van der Waals surface area (Å²) >= 11 is 0. The van der Waals surface area contributed by atoms with Crippen LogP contribution in [0.1, 0.15) is 99.8 Å². The van der Waals surface area contributed by atoms with Gasteiger partial charge in [0.1, 0.15) is 0 Å². The smallest absolute Gasteiger partial charge is 0.338 e. The summed E-state index contributed by atoms with van der Waals surface area (Å²) in [5.41, 5.74) is -0.0874. The van der Waals surface area contributed by atoms with Crippen LogP contribution in [0.25, 0.3) is 0 Å². The molecule has 8 heteroatoms. The quantitative estimate of drug-likeness (QED) is 0.162. The van der Waals surface area contributed by atoms with Crippen LogP contribution in [0.5, 0.6) is 0 Å². The van der Waals surface area contributed by atoms with Crippen molar-refractivity contribution in [2.75, 3.05) is 13.2 Å². The molecule has 0 aliphatic rings. The molecule has 0 radical (unpaired) electrons. The van der Waals surface area contributed by atoms with Crippen LogP contribution >= 0.6 is 10.7 Å². The van der Waals surface area contributed by atoms with E-state index in [-0.39, 0.29) is 29.2 Å². The van der Waals surface area contributed by atoms with Gasteiger partial charge in [0.2, 0.25) is 0 Å². The van der Waals surface area contributed by atoms with Crippen molar-refractivity contribution >= 4 is 31.7 Å². The van der Waals surface area contributed by atoms with Crippen LogP contribution < -0.4 is 0 Å². The van der Waals surface area contributed by atoms with Crippen molar-refractivity contribution in [1.82, 2.24) is 0 Å². The highest BCUT2D eigenvalue weighted by Crippen LogP contribution is 2.21. The molecule has 0 aliphatic carbocycles. The minimum absolute atomic E-state index is 0.0437. The molecule has 0 fully saturated rings. The van der Waals surface area contributed by atoms with Crippen molar-refractivity contribution in [3.8, 4) is 0 Å². The maximum absolute atomic E-state index is 12.4. The molecule has 6 nitrogen and oxygen atoms in total. The molecule has 0 atom stereocenters. The van der Waals surface area contributed by atoms with E-state index >= 15 is 0 Å². The molecule has 0 saturated carbocycles. The third kappa shape index (κ3) is 11.9. The van der Waals surface area contributed by atoms with E-state index in [9.17, 15) is 18.0 Å². The SMILES string of the molecule is CC(C)CCCCCOC(=O)c1cc(C(=O)OCCCCCC(C)C)cc(S(=O)(=O)Cl)c1. The Labute approximate surface area is 197 Å². The number of carbonyl (C=O) groups is 2. The standard InChI is InChI=1S/C24H37ClO6S/c1-18(2)11-7-5-9-13-30-23(26)20-15-21(17-22(16-20)32(25,28)29)24(27)31-14-10-6-8-12-19(3)4/h15-19H,5-14H2,1-4H3. The van der Waals surface area contributed by atoms with Crippen molar-refractivity contribution in [1.29, 1.82) is 0 Å². The van der Waals surface area contributed by atoms with Crippen LogP contribution in [0.4, 0.5) is 0 Å². The van der Waals surface area contributed by atoms with Gasteiger partial charge in [0, 0.05) is 10.7 Å². The van der Waals surface area contributed by atoms with Crippen LogP contribution in [-0.4, -0.2) is 33.6 Å². The molecule has 32 heavy (non-hydrogen) atoms. The predicted molar refractivity (Wildman–Crippen MR) is 127 cm³/mol. The van der Waals surface area contributed by atoms with Gasteiger partial charge in [-0.3, -0.25) is 0 Å². The second kappa shape index (κ2) is 14.5. The van der Waals surface area contributed by atoms with Gasteiger partial charge in [0.25, 0.3) is 9.05 Å². The van der Waals surface area contributed by atoms with Crippen LogP contribution in [0.15, 0.2) is 23.1 Å². The number of halogens is 1. The van der Waals surface area contributed by atoms with Crippen LogP contribution in [0, 0.1) is 11.8 Å². The lowest BCUT2D eigenvalue weighted by Gasteiger charge is -2.10. The Morgan fingerprint density at radius 1 is 0.750 bits per heavy atom. The van der Waals surface area contributed by atoms with Gasteiger partial charge >= 0.3 is 11.9 Å². The molecule has 0 amide bonds. The molecule has 1 aromatic rings. The predicted octanol–water partition coefficient (Wildman–Crippen LogP) is 6.36. The molecule has 0 heterocycles. The molecule has 0 saturated heterocycles. The number of carbonyl (C=O) groups excluding carboxylic acids is 2. The summed E-state index contributed by atoms with van der Waals surface area (Å²) in [6, 6.07) is 3.52. The van der Waals surface area contributed by atoms with E-state index in [0.29, 0.717) is 11.8 Å². The van der Waals surface area contributed by atoms with Crippen LogP contribution in [0.2, 0.25) is 0 Å². The van der Waals surface area contributed by atoms with Gasteiger partial charge in [-0.2, -0.15) is 0 Å². The minimum Gasteiger partial charge on any atom is -0.462 e. The van der Waals surface area contributed by atoms with Crippen molar-refractivity contribution in [2.24, 2.45) is 11.8 Å². The highest BCUT2D eigenvalue weighted by atomic mass is 35.7.